The molecule has 2 aromatic rings. The van der Waals surface area contributed by atoms with Gasteiger partial charge in [0.25, 0.3) is 0 Å². The van der Waals surface area contributed by atoms with E-state index in [0.29, 0.717) is 10.9 Å². The van der Waals surface area contributed by atoms with E-state index in [1.807, 2.05) is 12.1 Å². The first kappa shape index (κ1) is 12.9. The number of aromatic amines is 2. The second-order valence-corrected chi connectivity index (χ2v) is 6.17. The van der Waals surface area contributed by atoms with Gasteiger partial charge in [0.2, 0.25) is 0 Å². The average Bonchev–Trinajstić information content (AvgIpc) is 3.02. The molecule has 19 heavy (non-hydrogen) atoms. The van der Waals surface area contributed by atoms with Gasteiger partial charge in [0.05, 0.1) is 17.1 Å². The largest absolute Gasteiger partial charge is 0.378 e. The molecular weight excluding hydrogens is 308 g/mol. The van der Waals surface area contributed by atoms with Crippen molar-refractivity contribution in [1.29, 1.82) is 0 Å². The molecule has 102 valence electrons. The Labute approximate surface area is 119 Å². The van der Waals surface area contributed by atoms with Gasteiger partial charge >= 0.3 is 5.69 Å². The van der Waals surface area contributed by atoms with Crippen LogP contribution >= 0.6 is 15.9 Å². The highest BCUT2D eigenvalue weighted by molar-refractivity contribution is 9.09. The molecule has 1 aliphatic rings. The van der Waals surface area contributed by atoms with Gasteiger partial charge in [-0.3, -0.25) is 0 Å². The third-order valence-electron chi connectivity index (χ3n) is 3.67. The van der Waals surface area contributed by atoms with E-state index in [0.717, 1.165) is 30.5 Å². The van der Waals surface area contributed by atoms with Crippen molar-refractivity contribution in [2.24, 2.45) is 0 Å². The summed E-state index contributed by atoms with van der Waals surface area (Å²) in [5.41, 5.74) is 2.76. The topological polar surface area (TPSA) is 57.9 Å². The van der Waals surface area contributed by atoms with Crippen LogP contribution in [0.3, 0.4) is 0 Å². The van der Waals surface area contributed by atoms with Crippen LogP contribution in [0.2, 0.25) is 0 Å². The van der Waals surface area contributed by atoms with Gasteiger partial charge in [0, 0.05) is 11.4 Å². The maximum atomic E-state index is 11.2. The van der Waals surface area contributed by atoms with Crippen LogP contribution in [0.1, 0.15) is 36.1 Å². The maximum Gasteiger partial charge on any atom is 0.323 e. The summed E-state index contributed by atoms with van der Waals surface area (Å²) in [6, 6.07) is 6.03. The van der Waals surface area contributed by atoms with Crippen molar-refractivity contribution in [1.82, 2.24) is 9.97 Å². The minimum Gasteiger partial charge on any atom is -0.378 e. The Kier molecular flexibility index (Phi) is 3.75. The van der Waals surface area contributed by atoms with Crippen LogP contribution in [0.25, 0.3) is 11.0 Å². The van der Waals surface area contributed by atoms with Crippen molar-refractivity contribution < 1.29 is 4.74 Å². The predicted molar refractivity (Wildman–Crippen MR) is 78.8 cm³/mol. The van der Waals surface area contributed by atoms with Crippen molar-refractivity contribution in [3.8, 4) is 0 Å². The van der Waals surface area contributed by atoms with E-state index in [1.54, 1.807) is 0 Å². The van der Waals surface area contributed by atoms with E-state index in [9.17, 15) is 4.79 Å². The molecule has 1 aromatic carbocycles. The standard InChI is InChI=1S/C14H17BrN2O2/c15-11(5-4-10-2-1-7-19-10)9-3-6-12-13(8-9)17-14(18)16-12/h3,6,8,10-11H,1-2,4-5,7H2,(H2,16,17,18). The summed E-state index contributed by atoms with van der Waals surface area (Å²) in [7, 11) is 0. The quantitative estimate of drug-likeness (QED) is 0.848. The second-order valence-electron chi connectivity index (χ2n) is 5.06. The SMILES string of the molecule is O=c1[nH]c2ccc(C(Br)CCC3CCCO3)cc2[nH]1. The van der Waals surface area contributed by atoms with Gasteiger partial charge in [-0.25, -0.2) is 4.79 Å². The van der Waals surface area contributed by atoms with Crippen LogP contribution in [0.5, 0.6) is 0 Å². The van der Waals surface area contributed by atoms with E-state index < -0.39 is 0 Å². The Morgan fingerprint density at radius 1 is 1.37 bits per heavy atom. The number of hydrogen-bond donors (Lipinski definition) is 2. The summed E-state index contributed by atoms with van der Waals surface area (Å²) >= 11 is 3.73. The third kappa shape index (κ3) is 2.92. The Hall–Kier alpha value is -1.07. The van der Waals surface area contributed by atoms with Crippen molar-refractivity contribution in [3.05, 3.63) is 34.2 Å². The van der Waals surface area contributed by atoms with Crippen LogP contribution in [-0.4, -0.2) is 22.7 Å². The van der Waals surface area contributed by atoms with E-state index in [2.05, 4.69) is 32.0 Å². The molecule has 0 spiro atoms. The van der Waals surface area contributed by atoms with E-state index in [1.165, 1.54) is 18.4 Å². The number of H-pyrrole nitrogens is 2. The van der Waals surface area contributed by atoms with E-state index in [4.69, 9.17) is 4.74 Å². The lowest BCUT2D eigenvalue weighted by atomic mass is 10.0. The minimum atomic E-state index is -0.155. The molecule has 1 fully saturated rings. The highest BCUT2D eigenvalue weighted by atomic mass is 79.9. The summed E-state index contributed by atoms with van der Waals surface area (Å²) < 4.78 is 5.64. The van der Waals surface area contributed by atoms with Crippen LogP contribution in [0, 0.1) is 0 Å². The fourth-order valence-electron chi connectivity index (χ4n) is 2.62. The van der Waals surface area contributed by atoms with Gasteiger partial charge in [0.1, 0.15) is 0 Å². The smallest absolute Gasteiger partial charge is 0.323 e. The molecule has 0 saturated carbocycles. The zero-order valence-electron chi connectivity index (χ0n) is 10.6. The Balaban J connectivity index is 1.69. The maximum absolute atomic E-state index is 11.2. The molecule has 2 heterocycles. The fraction of sp³-hybridized carbons (Fsp3) is 0.500. The first-order chi connectivity index (χ1) is 9.22. The molecule has 2 unspecified atom stereocenters. The molecule has 1 saturated heterocycles. The number of fused-ring (bicyclic) bond motifs is 1. The average molecular weight is 325 g/mol. The number of nitrogens with one attached hydrogen (secondary N) is 2. The monoisotopic (exact) mass is 324 g/mol. The van der Waals surface area contributed by atoms with Crippen LogP contribution < -0.4 is 5.69 Å². The molecule has 0 radical (unpaired) electrons. The van der Waals surface area contributed by atoms with Crippen LogP contribution in [0.15, 0.2) is 23.0 Å². The van der Waals surface area contributed by atoms with Gasteiger partial charge in [-0.05, 0) is 43.4 Å². The number of hydrogen-bond acceptors (Lipinski definition) is 2. The summed E-state index contributed by atoms with van der Waals surface area (Å²) in [6.07, 6.45) is 4.93. The predicted octanol–water partition coefficient (Wildman–Crippen LogP) is 3.25. The van der Waals surface area contributed by atoms with Gasteiger partial charge < -0.3 is 14.7 Å². The number of alkyl halides is 1. The lowest BCUT2D eigenvalue weighted by Crippen LogP contribution is -2.05. The number of rotatable bonds is 4. The normalized spacial score (nSPS) is 21.0. The number of aromatic nitrogens is 2. The minimum absolute atomic E-state index is 0.155. The second kappa shape index (κ2) is 5.51. The summed E-state index contributed by atoms with van der Waals surface area (Å²) in [4.78, 5) is 17.1. The molecule has 3 rings (SSSR count). The molecule has 2 N–H and O–H groups in total. The van der Waals surface area contributed by atoms with Crippen molar-refractivity contribution >= 4 is 27.0 Å². The summed E-state index contributed by atoms with van der Waals surface area (Å²) in [6.45, 7) is 0.911. The van der Waals surface area contributed by atoms with Crippen molar-refractivity contribution in [2.45, 2.75) is 36.6 Å². The van der Waals surface area contributed by atoms with Crippen LogP contribution in [0.4, 0.5) is 0 Å². The first-order valence-electron chi connectivity index (χ1n) is 6.70. The Morgan fingerprint density at radius 3 is 3.00 bits per heavy atom. The van der Waals surface area contributed by atoms with Gasteiger partial charge in [-0.15, -0.1) is 0 Å². The molecule has 2 atom stereocenters. The third-order valence-corrected chi connectivity index (χ3v) is 4.65. The van der Waals surface area contributed by atoms with E-state index in [-0.39, 0.29) is 5.69 Å². The Bertz CT molecular complexity index is 613. The van der Waals surface area contributed by atoms with Gasteiger partial charge in [-0.1, -0.05) is 22.0 Å². The highest BCUT2D eigenvalue weighted by Gasteiger charge is 2.17. The molecule has 1 aromatic heterocycles. The zero-order chi connectivity index (χ0) is 13.2. The molecule has 0 amide bonds. The number of imidazole rings is 1. The summed E-state index contributed by atoms with van der Waals surface area (Å²) in [5.74, 6) is 0. The number of benzene rings is 1. The first-order valence-corrected chi connectivity index (χ1v) is 7.61. The molecular formula is C14H17BrN2O2. The fourth-order valence-corrected chi connectivity index (χ4v) is 3.17. The van der Waals surface area contributed by atoms with Gasteiger partial charge in [-0.2, -0.15) is 0 Å². The lowest BCUT2D eigenvalue weighted by molar-refractivity contribution is 0.102. The summed E-state index contributed by atoms with van der Waals surface area (Å²) in [5, 5.41) is 0. The lowest BCUT2D eigenvalue weighted by Gasteiger charge is -2.13. The Morgan fingerprint density at radius 2 is 2.21 bits per heavy atom. The molecule has 0 bridgehead atoms. The highest BCUT2D eigenvalue weighted by Crippen LogP contribution is 2.31. The van der Waals surface area contributed by atoms with Gasteiger partial charge in [0.15, 0.2) is 0 Å². The molecule has 5 heteroatoms. The van der Waals surface area contributed by atoms with Crippen LogP contribution in [-0.2, 0) is 4.74 Å². The van der Waals surface area contributed by atoms with Crippen molar-refractivity contribution in [2.75, 3.05) is 6.61 Å². The molecule has 4 nitrogen and oxygen atoms in total. The number of halogens is 1. The zero-order valence-corrected chi connectivity index (χ0v) is 12.2. The van der Waals surface area contributed by atoms with Crippen molar-refractivity contribution in [3.63, 3.8) is 0 Å². The molecule has 0 aliphatic carbocycles. The van der Waals surface area contributed by atoms with E-state index >= 15 is 0 Å². The molecule has 1 aliphatic heterocycles. The number of ether oxygens (including phenoxy) is 1.